The van der Waals surface area contributed by atoms with Gasteiger partial charge >= 0.3 is 0 Å². The van der Waals surface area contributed by atoms with E-state index in [0.717, 1.165) is 18.4 Å². The Morgan fingerprint density at radius 2 is 1.75 bits per heavy atom. The molecule has 1 aromatic carbocycles. The largest absolute Gasteiger partial charge is 0.325 e. The van der Waals surface area contributed by atoms with Crippen LogP contribution in [0.2, 0.25) is 10.0 Å². The van der Waals surface area contributed by atoms with Gasteiger partial charge in [-0.25, -0.2) is 0 Å². The maximum atomic E-state index is 6.39. The molecule has 90 valence electrons. The number of rotatable bonds is 4. The third-order valence-corrected chi connectivity index (χ3v) is 4.08. The van der Waals surface area contributed by atoms with E-state index in [9.17, 15) is 0 Å². The van der Waals surface area contributed by atoms with E-state index >= 15 is 0 Å². The number of hydrogen-bond donors (Lipinski definition) is 1. The molecule has 1 atom stereocenters. The lowest BCUT2D eigenvalue weighted by atomic mass is 9.80. The molecular formula is C13H19Cl2N. The molecule has 1 aromatic rings. The van der Waals surface area contributed by atoms with E-state index in [1.165, 1.54) is 0 Å². The molecule has 0 fully saturated rings. The Hall–Kier alpha value is -0.240. The maximum absolute atomic E-state index is 6.39. The van der Waals surface area contributed by atoms with E-state index in [1.54, 1.807) is 0 Å². The molecular weight excluding hydrogens is 241 g/mol. The fourth-order valence-corrected chi connectivity index (χ4v) is 2.30. The van der Waals surface area contributed by atoms with E-state index in [4.69, 9.17) is 28.9 Å². The van der Waals surface area contributed by atoms with Crippen LogP contribution in [-0.2, 0) is 6.42 Å². The first-order valence-electron chi connectivity index (χ1n) is 5.62. The Morgan fingerprint density at radius 1 is 1.25 bits per heavy atom. The summed E-state index contributed by atoms with van der Waals surface area (Å²) in [7, 11) is 0. The second-order valence-electron chi connectivity index (χ2n) is 4.62. The molecule has 3 heteroatoms. The van der Waals surface area contributed by atoms with Crippen LogP contribution in [-0.4, -0.2) is 5.54 Å². The number of halogens is 2. The molecule has 0 aromatic heterocycles. The fourth-order valence-electron chi connectivity index (χ4n) is 1.77. The fraction of sp³-hybridized carbons (Fsp3) is 0.538. The minimum atomic E-state index is -0.241. The van der Waals surface area contributed by atoms with Crippen molar-refractivity contribution in [2.45, 2.75) is 39.2 Å². The highest BCUT2D eigenvalue weighted by Crippen LogP contribution is 2.31. The second-order valence-corrected chi connectivity index (χ2v) is 5.43. The summed E-state index contributed by atoms with van der Waals surface area (Å²) in [6, 6.07) is 5.58. The normalized spacial score (nSPS) is 15.2. The van der Waals surface area contributed by atoms with Gasteiger partial charge in [-0.2, -0.15) is 0 Å². The molecule has 0 spiro atoms. The summed E-state index contributed by atoms with van der Waals surface area (Å²) in [6.45, 7) is 6.37. The van der Waals surface area contributed by atoms with Crippen molar-refractivity contribution in [2.24, 2.45) is 11.7 Å². The predicted molar refractivity (Wildman–Crippen MR) is 72.2 cm³/mol. The highest BCUT2D eigenvalue weighted by atomic mass is 35.5. The molecule has 0 aliphatic heterocycles. The molecule has 1 nitrogen and oxygen atoms in total. The minimum Gasteiger partial charge on any atom is -0.325 e. The van der Waals surface area contributed by atoms with E-state index in [-0.39, 0.29) is 5.54 Å². The van der Waals surface area contributed by atoms with E-state index in [0.29, 0.717) is 16.0 Å². The summed E-state index contributed by atoms with van der Waals surface area (Å²) < 4.78 is 0. The molecule has 0 saturated heterocycles. The Bertz CT molecular complexity index is 343. The van der Waals surface area contributed by atoms with Gasteiger partial charge in [0.25, 0.3) is 0 Å². The van der Waals surface area contributed by atoms with Crippen LogP contribution in [0.4, 0.5) is 0 Å². The molecule has 0 aliphatic carbocycles. The predicted octanol–water partition coefficient (Wildman–Crippen LogP) is 4.30. The quantitative estimate of drug-likeness (QED) is 0.858. The van der Waals surface area contributed by atoms with Crippen LogP contribution < -0.4 is 5.73 Å². The Labute approximate surface area is 108 Å². The van der Waals surface area contributed by atoms with Crippen molar-refractivity contribution in [3.63, 3.8) is 0 Å². The van der Waals surface area contributed by atoms with E-state index < -0.39 is 0 Å². The molecule has 0 heterocycles. The van der Waals surface area contributed by atoms with Gasteiger partial charge in [0, 0.05) is 15.6 Å². The van der Waals surface area contributed by atoms with Gasteiger partial charge in [-0.05, 0) is 36.5 Å². The summed E-state index contributed by atoms with van der Waals surface area (Å²) in [5, 5.41) is 1.41. The van der Waals surface area contributed by atoms with Crippen molar-refractivity contribution in [3.05, 3.63) is 33.8 Å². The van der Waals surface area contributed by atoms with Gasteiger partial charge < -0.3 is 5.73 Å². The van der Waals surface area contributed by atoms with Crippen LogP contribution in [0.1, 0.15) is 32.8 Å². The molecule has 2 N–H and O–H groups in total. The van der Waals surface area contributed by atoms with Gasteiger partial charge in [0.1, 0.15) is 0 Å². The van der Waals surface area contributed by atoms with E-state index in [1.807, 2.05) is 18.2 Å². The summed E-state index contributed by atoms with van der Waals surface area (Å²) in [6.07, 6.45) is 1.63. The monoisotopic (exact) mass is 259 g/mol. The highest BCUT2D eigenvalue weighted by molar-refractivity contribution is 6.36. The van der Waals surface area contributed by atoms with E-state index in [2.05, 4.69) is 20.8 Å². The summed E-state index contributed by atoms with van der Waals surface area (Å²) in [4.78, 5) is 0. The average molecular weight is 260 g/mol. The van der Waals surface area contributed by atoms with Crippen LogP contribution in [0.15, 0.2) is 18.2 Å². The number of nitrogens with two attached hydrogens (primary N) is 1. The van der Waals surface area contributed by atoms with Crippen LogP contribution in [0.5, 0.6) is 0 Å². The molecule has 0 amide bonds. The Kier molecular flexibility index (Phi) is 4.66. The van der Waals surface area contributed by atoms with Gasteiger partial charge in [-0.1, -0.05) is 50.0 Å². The Balaban J connectivity index is 3.03. The molecule has 0 saturated carbocycles. The van der Waals surface area contributed by atoms with Crippen LogP contribution in [0, 0.1) is 5.92 Å². The molecule has 0 aliphatic rings. The number of hydrogen-bond acceptors (Lipinski definition) is 1. The minimum absolute atomic E-state index is 0.241. The lowest BCUT2D eigenvalue weighted by Gasteiger charge is -2.33. The van der Waals surface area contributed by atoms with Crippen molar-refractivity contribution in [3.8, 4) is 0 Å². The van der Waals surface area contributed by atoms with Crippen molar-refractivity contribution in [1.82, 2.24) is 0 Å². The van der Waals surface area contributed by atoms with Crippen molar-refractivity contribution in [1.29, 1.82) is 0 Å². The third kappa shape index (κ3) is 2.91. The standard InChI is InChI=1S/C13H19Cl2N/c1-4-13(16,9(2)3)8-10-11(14)6-5-7-12(10)15/h5-7,9H,4,8,16H2,1-3H3. The zero-order valence-electron chi connectivity index (χ0n) is 10.1. The first-order valence-corrected chi connectivity index (χ1v) is 6.38. The van der Waals surface area contributed by atoms with Crippen molar-refractivity contribution >= 4 is 23.2 Å². The first-order chi connectivity index (χ1) is 7.40. The van der Waals surface area contributed by atoms with Crippen LogP contribution in [0.3, 0.4) is 0 Å². The van der Waals surface area contributed by atoms with Crippen LogP contribution >= 0.6 is 23.2 Å². The molecule has 0 radical (unpaired) electrons. The topological polar surface area (TPSA) is 26.0 Å². The summed E-state index contributed by atoms with van der Waals surface area (Å²) >= 11 is 12.3. The number of benzene rings is 1. The highest BCUT2D eigenvalue weighted by Gasteiger charge is 2.28. The summed E-state index contributed by atoms with van der Waals surface area (Å²) in [5.41, 5.74) is 7.11. The van der Waals surface area contributed by atoms with Crippen molar-refractivity contribution < 1.29 is 0 Å². The molecule has 16 heavy (non-hydrogen) atoms. The van der Waals surface area contributed by atoms with Gasteiger partial charge in [0.15, 0.2) is 0 Å². The zero-order valence-corrected chi connectivity index (χ0v) is 11.6. The van der Waals surface area contributed by atoms with Gasteiger partial charge in [-0.3, -0.25) is 0 Å². The molecule has 0 bridgehead atoms. The average Bonchev–Trinajstić information content (AvgIpc) is 2.23. The second kappa shape index (κ2) is 5.39. The molecule has 1 rings (SSSR count). The SMILES string of the molecule is CCC(N)(Cc1c(Cl)cccc1Cl)C(C)C. The first kappa shape index (κ1) is 13.8. The maximum Gasteiger partial charge on any atom is 0.0453 e. The van der Waals surface area contributed by atoms with Crippen LogP contribution in [0.25, 0.3) is 0 Å². The van der Waals surface area contributed by atoms with Gasteiger partial charge in [0.2, 0.25) is 0 Å². The molecule has 1 unspecified atom stereocenters. The van der Waals surface area contributed by atoms with Gasteiger partial charge in [0.05, 0.1) is 0 Å². The summed E-state index contributed by atoms with van der Waals surface area (Å²) in [5.74, 6) is 0.393. The lowest BCUT2D eigenvalue weighted by Crippen LogP contribution is -2.46. The van der Waals surface area contributed by atoms with Gasteiger partial charge in [-0.15, -0.1) is 0 Å². The lowest BCUT2D eigenvalue weighted by molar-refractivity contribution is 0.296. The van der Waals surface area contributed by atoms with Crippen molar-refractivity contribution in [2.75, 3.05) is 0 Å². The zero-order chi connectivity index (χ0) is 12.3. The third-order valence-electron chi connectivity index (χ3n) is 3.38. The Morgan fingerprint density at radius 3 is 2.12 bits per heavy atom. The smallest absolute Gasteiger partial charge is 0.0453 e.